The summed E-state index contributed by atoms with van der Waals surface area (Å²) in [7, 11) is -3.70. The van der Waals surface area contributed by atoms with Crippen molar-refractivity contribution in [1.82, 2.24) is 5.16 Å². The van der Waals surface area contributed by atoms with E-state index < -0.39 is 10.0 Å². The number of hydrogen-bond donors (Lipinski definition) is 2. The first-order chi connectivity index (χ1) is 10.8. The Bertz CT molecular complexity index is 730. The number of aryl methyl sites for hydroxylation is 2. The molecule has 6 nitrogen and oxygen atoms in total. The third kappa shape index (κ3) is 4.48. The van der Waals surface area contributed by atoms with Crippen LogP contribution in [-0.4, -0.2) is 20.1 Å². The van der Waals surface area contributed by atoms with Gasteiger partial charge < -0.3 is 9.84 Å². The second kappa shape index (κ2) is 7.04. The van der Waals surface area contributed by atoms with Crippen molar-refractivity contribution in [2.75, 3.05) is 16.6 Å². The minimum atomic E-state index is -3.70. The van der Waals surface area contributed by atoms with Crippen LogP contribution >= 0.6 is 0 Å². The minimum Gasteiger partial charge on any atom is -0.385 e. The summed E-state index contributed by atoms with van der Waals surface area (Å²) in [6.45, 7) is 8.42. The van der Waals surface area contributed by atoms with Gasteiger partial charge in [0.15, 0.2) is 10.7 Å². The molecule has 0 amide bonds. The van der Waals surface area contributed by atoms with Crippen LogP contribution in [0.5, 0.6) is 0 Å². The fourth-order valence-corrected chi connectivity index (χ4v) is 3.62. The van der Waals surface area contributed by atoms with Crippen LogP contribution in [0.15, 0.2) is 33.7 Å². The summed E-state index contributed by atoms with van der Waals surface area (Å²) in [5, 5.41) is 6.99. The highest BCUT2D eigenvalue weighted by Crippen LogP contribution is 2.23. The molecule has 2 rings (SSSR count). The summed E-state index contributed by atoms with van der Waals surface area (Å²) >= 11 is 0. The number of nitrogens with one attached hydrogen (secondary N) is 2. The van der Waals surface area contributed by atoms with Gasteiger partial charge in [-0.2, -0.15) is 0 Å². The Labute approximate surface area is 137 Å². The molecule has 0 unspecified atom stereocenters. The van der Waals surface area contributed by atoms with Crippen molar-refractivity contribution in [2.24, 2.45) is 5.92 Å². The zero-order chi connectivity index (χ0) is 17.0. The van der Waals surface area contributed by atoms with E-state index in [2.05, 4.69) is 29.0 Å². The molecule has 23 heavy (non-hydrogen) atoms. The molecule has 1 heterocycles. The summed E-state index contributed by atoms with van der Waals surface area (Å²) < 4.78 is 32.3. The average molecular weight is 337 g/mol. The van der Waals surface area contributed by atoms with E-state index in [-0.39, 0.29) is 10.7 Å². The summed E-state index contributed by atoms with van der Waals surface area (Å²) in [4.78, 5) is 0.0941. The first kappa shape index (κ1) is 17.3. The Hall–Kier alpha value is -2.02. The molecule has 1 aromatic carbocycles. The van der Waals surface area contributed by atoms with E-state index in [1.165, 1.54) is 0 Å². The first-order valence-corrected chi connectivity index (χ1v) is 9.07. The highest BCUT2D eigenvalue weighted by Gasteiger charge is 2.24. The van der Waals surface area contributed by atoms with Gasteiger partial charge in [0, 0.05) is 17.9 Å². The van der Waals surface area contributed by atoms with E-state index in [1.54, 1.807) is 26.0 Å². The van der Waals surface area contributed by atoms with Crippen molar-refractivity contribution >= 4 is 21.4 Å². The quantitative estimate of drug-likeness (QED) is 0.807. The fourth-order valence-electron chi connectivity index (χ4n) is 2.23. The molecular formula is C16H23N3O3S. The lowest BCUT2D eigenvalue weighted by Crippen LogP contribution is -2.14. The maximum Gasteiger partial charge on any atom is 0.267 e. The third-order valence-corrected chi connectivity index (χ3v) is 5.05. The predicted molar refractivity (Wildman–Crippen MR) is 91.2 cm³/mol. The molecule has 0 aliphatic carbocycles. The van der Waals surface area contributed by atoms with Crippen LogP contribution < -0.4 is 10.0 Å². The van der Waals surface area contributed by atoms with Gasteiger partial charge >= 0.3 is 0 Å². The molecule has 0 radical (unpaired) electrons. The second-order valence-electron chi connectivity index (χ2n) is 5.95. The number of rotatable bonds is 7. The van der Waals surface area contributed by atoms with Crippen molar-refractivity contribution < 1.29 is 12.9 Å². The number of sulfonamides is 1. The van der Waals surface area contributed by atoms with Crippen LogP contribution in [0.25, 0.3) is 0 Å². The van der Waals surface area contributed by atoms with Gasteiger partial charge in [0.1, 0.15) is 5.69 Å². The van der Waals surface area contributed by atoms with Gasteiger partial charge in [-0.15, -0.1) is 0 Å². The third-order valence-electron chi connectivity index (χ3n) is 3.42. The summed E-state index contributed by atoms with van der Waals surface area (Å²) in [5.74, 6) is 0.922. The molecular weight excluding hydrogens is 314 g/mol. The van der Waals surface area contributed by atoms with Crippen molar-refractivity contribution in [1.29, 1.82) is 0 Å². The van der Waals surface area contributed by atoms with Gasteiger partial charge in [0.05, 0.1) is 0 Å². The molecule has 1 aromatic heterocycles. The number of anilines is 2. The minimum absolute atomic E-state index is 0.0941. The maximum atomic E-state index is 12.4. The Balaban J connectivity index is 2.06. The molecule has 0 spiro atoms. The Morgan fingerprint density at radius 1 is 1.13 bits per heavy atom. The highest BCUT2D eigenvalue weighted by molar-refractivity contribution is 7.92. The van der Waals surface area contributed by atoms with Gasteiger partial charge in [-0.05, 0) is 50.5 Å². The highest BCUT2D eigenvalue weighted by atomic mass is 32.2. The molecule has 0 fully saturated rings. The predicted octanol–water partition coefficient (Wildman–Crippen LogP) is 3.55. The van der Waals surface area contributed by atoms with E-state index in [9.17, 15) is 8.42 Å². The molecule has 0 atom stereocenters. The molecule has 0 aliphatic rings. The van der Waals surface area contributed by atoms with E-state index in [0.717, 1.165) is 18.7 Å². The largest absolute Gasteiger partial charge is 0.385 e. The van der Waals surface area contributed by atoms with Crippen LogP contribution in [0.3, 0.4) is 0 Å². The standard InChI is InChI=1S/C16H23N3O3S/c1-11(2)9-10-17-14-5-7-15(8-6-14)19-23(20,21)16-12(3)18-22-13(16)4/h5-8,11,17,19H,9-10H2,1-4H3. The Morgan fingerprint density at radius 3 is 2.26 bits per heavy atom. The van der Waals surface area contributed by atoms with Crippen LogP contribution in [0, 0.1) is 19.8 Å². The number of benzene rings is 1. The number of nitrogens with zero attached hydrogens (tertiary/aromatic N) is 1. The van der Waals surface area contributed by atoms with Gasteiger partial charge in [0.2, 0.25) is 0 Å². The van der Waals surface area contributed by atoms with Gasteiger partial charge in [-0.25, -0.2) is 8.42 Å². The molecule has 0 saturated heterocycles. The number of aromatic nitrogens is 1. The summed E-state index contributed by atoms with van der Waals surface area (Å²) in [6.07, 6.45) is 1.08. The van der Waals surface area contributed by atoms with Crippen molar-refractivity contribution in [3.8, 4) is 0 Å². The molecule has 2 aromatic rings. The smallest absolute Gasteiger partial charge is 0.267 e. The lowest BCUT2D eigenvalue weighted by atomic mass is 10.1. The van der Waals surface area contributed by atoms with Crippen LogP contribution in [0.4, 0.5) is 11.4 Å². The normalized spacial score (nSPS) is 11.7. The van der Waals surface area contributed by atoms with E-state index in [4.69, 9.17) is 4.52 Å². The SMILES string of the molecule is Cc1noc(C)c1S(=O)(=O)Nc1ccc(NCCC(C)C)cc1. The fraction of sp³-hybridized carbons (Fsp3) is 0.438. The van der Waals surface area contributed by atoms with Crippen LogP contribution in [0.1, 0.15) is 31.7 Å². The molecule has 7 heteroatoms. The van der Waals surface area contributed by atoms with Gasteiger partial charge in [-0.3, -0.25) is 4.72 Å². The van der Waals surface area contributed by atoms with E-state index >= 15 is 0 Å². The molecule has 0 bridgehead atoms. The Kier molecular flexibility index (Phi) is 5.30. The maximum absolute atomic E-state index is 12.4. The van der Waals surface area contributed by atoms with E-state index in [0.29, 0.717) is 17.3 Å². The topological polar surface area (TPSA) is 84.2 Å². The zero-order valence-electron chi connectivity index (χ0n) is 13.9. The lowest BCUT2D eigenvalue weighted by molar-refractivity contribution is 0.390. The Morgan fingerprint density at radius 2 is 1.74 bits per heavy atom. The van der Waals surface area contributed by atoms with Gasteiger partial charge in [0.25, 0.3) is 10.0 Å². The average Bonchev–Trinajstić information content (AvgIpc) is 2.80. The van der Waals surface area contributed by atoms with Crippen molar-refractivity contribution in [2.45, 2.75) is 39.0 Å². The van der Waals surface area contributed by atoms with Gasteiger partial charge in [-0.1, -0.05) is 19.0 Å². The van der Waals surface area contributed by atoms with E-state index in [1.807, 2.05) is 12.1 Å². The molecule has 2 N–H and O–H groups in total. The lowest BCUT2D eigenvalue weighted by Gasteiger charge is -2.10. The first-order valence-electron chi connectivity index (χ1n) is 7.59. The molecule has 126 valence electrons. The van der Waals surface area contributed by atoms with Crippen LogP contribution in [0.2, 0.25) is 0 Å². The van der Waals surface area contributed by atoms with Crippen molar-refractivity contribution in [3.05, 3.63) is 35.7 Å². The van der Waals surface area contributed by atoms with Crippen LogP contribution in [-0.2, 0) is 10.0 Å². The number of hydrogen-bond acceptors (Lipinski definition) is 5. The molecule has 0 saturated carbocycles. The molecule has 0 aliphatic heterocycles. The summed E-state index contributed by atoms with van der Waals surface area (Å²) in [5.41, 5.74) is 1.81. The summed E-state index contributed by atoms with van der Waals surface area (Å²) in [6, 6.07) is 7.16. The van der Waals surface area contributed by atoms with Crippen molar-refractivity contribution in [3.63, 3.8) is 0 Å². The zero-order valence-corrected chi connectivity index (χ0v) is 14.7. The second-order valence-corrected chi connectivity index (χ2v) is 7.56. The monoisotopic (exact) mass is 337 g/mol.